The second kappa shape index (κ2) is 9.49. The molecule has 1 aromatic carbocycles. The Hall–Kier alpha value is -2.97. The number of nitrogens with zero attached hydrogens (tertiary/aromatic N) is 1. The van der Waals surface area contributed by atoms with Crippen molar-refractivity contribution in [2.75, 3.05) is 31.5 Å². The number of amides is 2. The fourth-order valence-electron chi connectivity index (χ4n) is 4.89. The minimum absolute atomic E-state index is 0.164. The van der Waals surface area contributed by atoms with Gasteiger partial charge in [0.15, 0.2) is 0 Å². The maximum atomic E-state index is 13.9. The zero-order chi connectivity index (χ0) is 23.7. The summed E-state index contributed by atoms with van der Waals surface area (Å²) in [4.78, 5) is 31.3. The van der Waals surface area contributed by atoms with E-state index in [4.69, 9.17) is 0 Å². The molecule has 0 saturated carbocycles. The molecule has 7 nitrogen and oxygen atoms in total. The van der Waals surface area contributed by atoms with Gasteiger partial charge in [0.05, 0.1) is 17.2 Å². The number of rotatable bonds is 7. The number of aliphatic hydroxyl groups excluding tert-OH is 1. The maximum absolute atomic E-state index is 13.9. The van der Waals surface area contributed by atoms with Gasteiger partial charge in [-0.3, -0.25) is 9.59 Å². The Morgan fingerprint density at radius 3 is 2.76 bits per heavy atom. The highest BCUT2D eigenvalue weighted by atomic mass is 19.1. The molecule has 0 spiro atoms. The SMILES string of the molecule is CCN(CC)CC(O)CNC(=O)c1c(C)[nH]c2c1CCC/C2=C1/C(=O)Nc2ccc(F)cc21. The van der Waals surface area contributed by atoms with Gasteiger partial charge in [-0.05, 0) is 68.6 Å². The van der Waals surface area contributed by atoms with Crippen molar-refractivity contribution in [3.8, 4) is 0 Å². The van der Waals surface area contributed by atoms with Crippen LogP contribution < -0.4 is 10.6 Å². The molecule has 1 aromatic heterocycles. The second-order valence-corrected chi connectivity index (χ2v) is 8.68. The van der Waals surface area contributed by atoms with Gasteiger partial charge in [0.25, 0.3) is 11.8 Å². The average molecular weight is 455 g/mol. The Balaban J connectivity index is 1.62. The number of allylic oxidation sites excluding steroid dienone is 1. The van der Waals surface area contributed by atoms with Crippen molar-refractivity contribution < 1.29 is 19.1 Å². The molecule has 1 unspecified atom stereocenters. The molecule has 33 heavy (non-hydrogen) atoms. The number of nitrogens with one attached hydrogen (secondary N) is 3. The van der Waals surface area contributed by atoms with E-state index in [1.54, 1.807) is 6.07 Å². The second-order valence-electron chi connectivity index (χ2n) is 8.68. The third-order valence-corrected chi connectivity index (χ3v) is 6.56. The number of aromatic amines is 1. The summed E-state index contributed by atoms with van der Waals surface area (Å²) in [6, 6.07) is 4.28. The number of carbonyl (C=O) groups is 2. The number of aliphatic hydroxyl groups is 1. The molecule has 0 bridgehead atoms. The van der Waals surface area contributed by atoms with Crippen LogP contribution in [-0.2, 0) is 11.2 Å². The van der Waals surface area contributed by atoms with Crippen molar-refractivity contribution in [3.63, 3.8) is 0 Å². The Morgan fingerprint density at radius 1 is 1.27 bits per heavy atom. The Labute approximate surface area is 193 Å². The van der Waals surface area contributed by atoms with Gasteiger partial charge in [0.2, 0.25) is 0 Å². The summed E-state index contributed by atoms with van der Waals surface area (Å²) < 4.78 is 13.9. The number of hydrogen-bond donors (Lipinski definition) is 4. The first kappa shape index (κ1) is 23.2. The number of H-pyrrole nitrogens is 1. The predicted molar refractivity (Wildman–Crippen MR) is 126 cm³/mol. The van der Waals surface area contributed by atoms with Gasteiger partial charge in [0, 0.05) is 35.7 Å². The monoisotopic (exact) mass is 454 g/mol. The third kappa shape index (κ3) is 4.45. The molecule has 1 aliphatic heterocycles. The van der Waals surface area contributed by atoms with Gasteiger partial charge in [-0.25, -0.2) is 4.39 Å². The topological polar surface area (TPSA) is 97.5 Å². The van der Waals surface area contributed by atoms with Gasteiger partial charge in [-0.1, -0.05) is 13.8 Å². The van der Waals surface area contributed by atoms with Crippen LogP contribution in [0.2, 0.25) is 0 Å². The fourth-order valence-corrected chi connectivity index (χ4v) is 4.89. The van der Waals surface area contributed by atoms with E-state index >= 15 is 0 Å². The minimum atomic E-state index is -0.657. The van der Waals surface area contributed by atoms with Crippen molar-refractivity contribution >= 4 is 28.6 Å². The number of likely N-dealkylation sites (N-methyl/N-ethyl adjacent to an activating group) is 1. The molecule has 2 aliphatic rings. The first-order valence-electron chi connectivity index (χ1n) is 11.6. The summed E-state index contributed by atoms with van der Waals surface area (Å²) >= 11 is 0. The summed E-state index contributed by atoms with van der Waals surface area (Å²) in [5.74, 6) is -0.890. The van der Waals surface area contributed by atoms with Crippen LogP contribution in [0, 0.1) is 12.7 Å². The van der Waals surface area contributed by atoms with Crippen molar-refractivity contribution in [2.24, 2.45) is 0 Å². The Kier molecular flexibility index (Phi) is 6.67. The Bertz CT molecular complexity index is 1120. The highest BCUT2D eigenvalue weighted by Crippen LogP contribution is 2.43. The van der Waals surface area contributed by atoms with Gasteiger partial charge in [-0.15, -0.1) is 0 Å². The van der Waals surface area contributed by atoms with Crippen molar-refractivity contribution in [2.45, 2.75) is 46.1 Å². The predicted octanol–water partition coefficient (Wildman–Crippen LogP) is 3.09. The summed E-state index contributed by atoms with van der Waals surface area (Å²) in [6.45, 7) is 8.25. The minimum Gasteiger partial charge on any atom is -0.390 e. The number of anilines is 1. The number of aromatic nitrogens is 1. The van der Waals surface area contributed by atoms with Gasteiger partial charge in [0.1, 0.15) is 5.82 Å². The summed E-state index contributed by atoms with van der Waals surface area (Å²) in [5, 5.41) is 16.0. The molecule has 0 fully saturated rings. The van der Waals surface area contributed by atoms with E-state index in [-0.39, 0.29) is 18.4 Å². The van der Waals surface area contributed by atoms with Crippen LogP contribution in [0.15, 0.2) is 18.2 Å². The Morgan fingerprint density at radius 2 is 2.03 bits per heavy atom. The van der Waals surface area contributed by atoms with Crippen LogP contribution in [0.4, 0.5) is 10.1 Å². The number of fused-ring (bicyclic) bond motifs is 2. The first-order valence-corrected chi connectivity index (χ1v) is 11.6. The van der Waals surface area contributed by atoms with E-state index in [0.29, 0.717) is 47.5 Å². The average Bonchev–Trinajstić information content (AvgIpc) is 3.30. The lowest BCUT2D eigenvalue weighted by atomic mass is 9.86. The molecule has 2 aromatic rings. The van der Waals surface area contributed by atoms with Gasteiger partial charge < -0.3 is 25.6 Å². The normalized spacial score (nSPS) is 18.2. The number of benzene rings is 1. The van der Waals surface area contributed by atoms with Gasteiger partial charge >= 0.3 is 0 Å². The zero-order valence-corrected chi connectivity index (χ0v) is 19.3. The molecule has 0 radical (unpaired) electrons. The van der Waals surface area contributed by atoms with E-state index in [9.17, 15) is 19.1 Å². The van der Waals surface area contributed by atoms with Crippen LogP contribution in [0.5, 0.6) is 0 Å². The molecule has 4 rings (SSSR count). The molecule has 2 heterocycles. The molecular formula is C25H31FN4O3. The van der Waals surface area contributed by atoms with Crippen molar-refractivity contribution in [1.82, 2.24) is 15.2 Å². The molecular weight excluding hydrogens is 423 g/mol. The summed E-state index contributed by atoms with van der Waals surface area (Å²) in [5.41, 5.74) is 5.35. The van der Waals surface area contributed by atoms with Crippen molar-refractivity contribution in [1.29, 1.82) is 0 Å². The lowest BCUT2D eigenvalue weighted by molar-refractivity contribution is -0.110. The molecule has 176 valence electrons. The van der Waals surface area contributed by atoms with E-state index < -0.39 is 11.9 Å². The molecule has 0 saturated heterocycles. The fraction of sp³-hybridized carbons (Fsp3) is 0.440. The number of hydrogen-bond acceptors (Lipinski definition) is 4. The van der Waals surface area contributed by atoms with Crippen LogP contribution in [0.3, 0.4) is 0 Å². The molecule has 8 heteroatoms. The van der Waals surface area contributed by atoms with E-state index in [0.717, 1.165) is 36.3 Å². The number of aryl methyl sites for hydroxylation is 1. The van der Waals surface area contributed by atoms with Crippen LogP contribution in [0.1, 0.15) is 59.6 Å². The van der Waals surface area contributed by atoms with E-state index in [2.05, 4.69) is 20.5 Å². The van der Waals surface area contributed by atoms with Crippen LogP contribution in [-0.4, -0.2) is 59.1 Å². The summed E-state index contributed by atoms with van der Waals surface area (Å²) in [6.07, 6.45) is 1.50. The largest absolute Gasteiger partial charge is 0.390 e. The highest BCUT2D eigenvalue weighted by Gasteiger charge is 2.33. The standard InChI is InChI=1S/C25H31FN4O3/c1-4-30(5-2)13-16(31)12-27-24(32)21-14(3)28-23-17(21)7-6-8-18(23)22-19-11-15(26)9-10-20(19)29-25(22)33/h9-11,16,28,31H,4-8,12-13H2,1-3H3,(H,27,32)(H,29,33)/b22-18-. The smallest absolute Gasteiger partial charge is 0.256 e. The van der Waals surface area contributed by atoms with E-state index in [1.165, 1.54) is 12.1 Å². The highest BCUT2D eigenvalue weighted by molar-refractivity contribution is 6.36. The molecule has 1 aliphatic carbocycles. The lowest BCUT2D eigenvalue weighted by Crippen LogP contribution is -2.40. The quantitative estimate of drug-likeness (QED) is 0.484. The van der Waals surface area contributed by atoms with Gasteiger partial charge in [-0.2, -0.15) is 0 Å². The van der Waals surface area contributed by atoms with Crippen LogP contribution in [0.25, 0.3) is 11.1 Å². The summed E-state index contributed by atoms with van der Waals surface area (Å²) in [7, 11) is 0. The number of halogens is 1. The lowest BCUT2D eigenvalue weighted by Gasteiger charge is -2.22. The first-order chi connectivity index (χ1) is 15.8. The molecule has 4 N–H and O–H groups in total. The van der Waals surface area contributed by atoms with Crippen LogP contribution >= 0.6 is 0 Å². The molecule has 2 amide bonds. The maximum Gasteiger partial charge on any atom is 0.256 e. The van der Waals surface area contributed by atoms with E-state index in [1.807, 2.05) is 20.8 Å². The zero-order valence-electron chi connectivity index (χ0n) is 19.3. The molecule has 1 atom stereocenters. The third-order valence-electron chi connectivity index (χ3n) is 6.56. The number of carbonyl (C=O) groups excluding carboxylic acids is 2. The van der Waals surface area contributed by atoms with Crippen molar-refractivity contribution in [3.05, 3.63) is 52.1 Å².